The third-order valence-electron chi connectivity index (χ3n) is 1.09. The van der Waals surface area contributed by atoms with Crippen LogP contribution in [0.4, 0.5) is 0 Å². The van der Waals surface area contributed by atoms with Crippen LogP contribution in [0.5, 0.6) is 0 Å². The summed E-state index contributed by atoms with van der Waals surface area (Å²) in [6.45, 7) is 1.48. The average molecular weight is 212 g/mol. The average Bonchev–Trinajstić information content (AvgIpc) is 1.87. The van der Waals surface area contributed by atoms with Crippen LogP contribution in [0.1, 0.15) is 6.42 Å². The van der Waals surface area contributed by atoms with Gasteiger partial charge < -0.3 is 10.3 Å². The lowest BCUT2D eigenvalue weighted by Crippen LogP contribution is -2.10. The summed E-state index contributed by atoms with van der Waals surface area (Å²) in [6, 6.07) is 0. The first-order valence-electron chi connectivity index (χ1n) is 2.35. The summed E-state index contributed by atoms with van der Waals surface area (Å²) in [5, 5.41) is 11.5. The Kier molecular flexibility index (Phi) is 1.88. The molecule has 0 bridgehead atoms. The highest BCUT2D eigenvalue weighted by molar-refractivity contribution is 14.1. The smallest absolute Gasteiger partial charge is 0.0239 e. The Morgan fingerprint density at radius 1 is 1.71 bits per heavy atom. The van der Waals surface area contributed by atoms with Crippen molar-refractivity contribution in [3.05, 3.63) is 5.21 Å². The van der Waals surface area contributed by atoms with Gasteiger partial charge in [-0.2, -0.15) is 0 Å². The number of rotatable bonds is 0. The molecule has 0 amide bonds. The van der Waals surface area contributed by atoms with Gasteiger partial charge in [0.15, 0.2) is 0 Å². The summed E-state index contributed by atoms with van der Waals surface area (Å²) in [6.07, 6.45) is 1.07. The molecule has 0 saturated carbocycles. The zero-order valence-corrected chi connectivity index (χ0v) is 6.09. The molecule has 7 heavy (non-hydrogen) atoms. The van der Waals surface area contributed by atoms with Gasteiger partial charge >= 0.3 is 0 Å². The molecule has 3 heteroatoms. The highest BCUT2D eigenvalue weighted by Crippen LogP contribution is 2.14. The van der Waals surface area contributed by atoms with Crippen LogP contribution in [0.3, 0.4) is 0 Å². The van der Waals surface area contributed by atoms with E-state index in [1.807, 2.05) is 0 Å². The Morgan fingerprint density at radius 2 is 2.43 bits per heavy atom. The van der Waals surface area contributed by atoms with E-state index in [-0.39, 0.29) is 0 Å². The van der Waals surface area contributed by atoms with Gasteiger partial charge in [0, 0.05) is 3.92 Å². The second-order valence-electron chi connectivity index (χ2n) is 1.77. The van der Waals surface area contributed by atoms with E-state index >= 15 is 0 Å². The van der Waals surface area contributed by atoms with E-state index in [0.29, 0.717) is 3.92 Å². The molecule has 0 spiro atoms. The Balaban J connectivity index is 2.26. The molecule has 0 aromatic carbocycles. The molecule has 0 aliphatic carbocycles. The minimum Gasteiger partial charge on any atom is -0.785 e. The third-order valence-corrected chi connectivity index (χ3v) is 2.11. The van der Waals surface area contributed by atoms with Crippen molar-refractivity contribution in [2.45, 2.75) is 10.3 Å². The molecule has 0 N–H and O–H groups in total. The van der Waals surface area contributed by atoms with E-state index < -0.39 is 0 Å². The number of hydrogen-bond acceptors (Lipinski definition) is 2. The van der Waals surface area contributed by atoms with E-state index in [2.05, 4.69) is 22.6 Å². The highest BCUT2D eigenvalue weighted by atomic mass is 127. The van der Waals surface area contributed by atoms with Crippen LogP contribution in [0, 0.1) is 5.21 Å². The summed E-state index contributed by atoms with van der Waals surface area (Å²) in [5.74, 6) is 0. The third kappa shape index (κ3) is 1.54. The predicted octanol–water partition coefficient (Wildman–Crippen LogP) is 0.993. The zero-order chi connectivity index (χ0) is 5.28. The molecule has 0 aromatic rings. The molecule has 1 fully saturated rings. The highest BCUT2D eigenvalue weighted by Gasteiger charge is 2.11. The normalized spacial score (nSPS) is 34.3. The molecule has 0 radical (unpaired) electrons. The van der Waals surface area contributed by atoms with E-state index in [4.69, 9.17) is 0 Å². The van der Waals surface area contributed by atoms with Crippen molar-refractivity contribution in [2.24, 2.45) is 0 Å². The Bertz CT molecular complexity index is 60.7. The van der Waals surface area contributed by atoms with Gasteiger partial charge in [-0.3, -0.25) is 0 Å². The van der Waals surface area contributed by atoms with Crippen LogP contribution in [-0.4, -0.2) is 22.1 Å². The molecular formula is C4H7INO-. The van der Waals surface area contributed by atoms with E-state index in [0.717, 1.165) is 24.6 Å². The molecule has 1 aliphatic heterocycles. The summed E-state index contributed by atoms with van der Waals surface area (Å²) in [5.41, 5.74) is 0. The fourth-order valence-corrected chi connectivity index (χ4v) is 1.41. The van der Waals surface area contributed by atoms with E-state index in [9.17, 15) is 5.21 Å². The molecular weight excluding hydrogens is 205 g/mol. The first kappa shape index (κ1) is 5.78. The molecule has 42 valence electrons. The minimum atomic E-state index is 0.607. The van der Waals surface area contributed by atoms with Gasteiger partial charge in [-0.25, -0.2) is 0 Å². The first-order chi connectivity index (χ1) is 3.29. The van der Waals surface area contributed by atoms with Crippen LogP contribution in [0.2, 0.25) is 0 Å². The van der Waals surface area contributed by atoms with Gasteiger partial charge in [0.1, 0.15) is 0 Å². The van der Waals surface area contributed by atoms with E-state index in [1.54, 1.807) is 0 Å². The predicted molar refractivity (Wildman–Crippen MR) is 37.4 cm³/mol. The second-order valence-corrected chi connectivity index (χ2v) is 3.54. The van der Waals surface area contributed by atoms with Crippen LogP contribution in [0.15, 0.2) is 0 Å². The first-order valence-corrected chi connectivity index (χ1v) is 3.60. The molecule has 1 unspecified atom stereocenters. The molecule has 1 aliphatic rings. The topological polar surface area (TPSA) is 26.3 Å². The molecule has 1 rings (SSSR count). The van der Waals surface area contributed by atoms with Gasteiger partial charge in [-0.1, -0.05) is 22.6 Å². The van der Waals surface area contributed by atoms with Crippen LogP contribution < -0.4 is 0 Å². The van der Waals surface area contributed by atoms with Gasteiger partial charge in [-0.15, -0.1) is 0 Å². The van der Waals surface area contributed by atoms with Crippen molar-refractivity contribution < 1.29 is 0 Å². The fourth-order valence-electron chi connectivity index (χ4n) is 0.688. The second kappa shape index (κ2) is 2.28. The number of hydrogen-bond donors (Lipinski definition) is 0. The number of nitrogens with zero attached hydrogens (tertiary/aromatic N) is 1. The van der Waals surface area contributed by atoms with Crippen molar-refractivity contribution in [3.63, 3.8) is 0 Å². The van der Waals surface area contributed by atoms with E-state index in [1.165, 1.54) is 0 Å². The maximum absolute atomic E-state index is 10.4. The SMILES string of the molecule is [O-]N1CCC(I)C1. The van der Waals surface area contributed by atoms with Gasteiger partial charge in [-0.05, 0) is 19.5 Å². The summed E-state index contributed by atoms with van der Waals surface area (Å²) in [7, 11) is 0. The molecule has 1 saturated heterocycles. The Morgan fingerprint density at radius 3 is 2.57 bits per heavy atom. The van der Waals surface area contributed by atoms with Crippen LogP contribution >= 0.6 is 22.6 Å². The van der Waals surface area contributed by atoms with Crippen LogP contribution in [0.25, 0.3) is 0 Å². The fraction of sp³-hybridized carbons (Fsp3) is 1.00. The largest absolute Gasteiger partial charge is 0.785 e. The van der Waals surface area contributed by atoms with Gasteiger partial charge in [0.2, 0.25) is 0 Å². The molecule has 1 atom stereocenters. The molecule has 0 aromatic heterocycles. The molecule has 1 heterocycles. The van der Waals surface area contributed by atoms with Crippen molar-refractivity contribution in [1.29, 1.82) is 0 Å². The van der Waals surface area contributed by atoms with Crippen molar-refractivity contribution in [2.75, 3.05) is 13.1 Å². The van der Waals surface area contributed by atoms with Crippen molar-refractivity contribution >= 4 is 22.6 Å². The maximum Gasteiger partial charge on any atom is 0.0239 e. The number of halogens is 1. The standard InChI is InChI=1S/C4H7INO/c5-4-1-2-6(7)3-4/h4H,1-3H2/q-1. The summed E-state index contributed by atoms with van der Waals surface area (Å²) in [4.78, 5) is 0. The number of alkyl halides is 1. The quantitative estimate of drug-likeness (QED) is 0.442. The minimum absolute atomic E-state index is 0.607. The van der Waals surface area contributed by atoms with Crippen molar-refractivity contribution in [3.8, 4) is 0 Å². The lowest BCUT2D eigenvalue weighted by Gasteiger charge is -2.19. The van der Waals surface area contributed by atoms with Gasteiger partial charge in [0.05, 0.1) is 0 Å². The van der Waals surface area contributed by atoms with Crippen molar-refractivity contribution in [1.82, 2.24) is 5.06 Å². The summed E-state index contributed by atoms with van der Waals surface area (Å²) >= 11 is 2.31. The zero-order valence-electron chi connectivity index (χ0n) is 3.93. The van der Waals surface area contributed by atoms with Crippen LogP contribution in [-0.2, 0) is 0 Å². The summed E-state index contributed by atoms with van der Waals surface area (Å²) < 4.78 is 0.607. The lowest BCUT2D eigenvalue weighted by molar-refractivity contribution is 0.473. The Hall–Kier alpha value is 0.650. The number of hydroxylamine groups is 2. The maximum atomic E-state index is 10.4. The lowest BCUT2D eigenvalue weighted by atomic mass is 10.4. The molecule has 2 nitrogen and oxygen atoms in total. The Labute approximate surface area is 56.6 Å². The monoisotopic (exact) mass is 212 g/mol. The van der Waals surface area contributed by atoms with Gasteiger partial charge in [0.25, 0.3) is 0 Å².